The highest BCUT2D eigenvalue weighted by Gasteiger charge is 2.14. The maximum absolute atomic E-state index is 12.6. The summed E-state index contributed by atoms with van der Waals surface area (Å²) < 4.78 is 0. The van der Waals surface area contributed by atoms with Crippen molar-refractivity contribution in [3.05, 3.63) is 58.7 Å². The van der Waals surface area contributed by atoms with Gasteiger partial charge in [-0.1, -0.05) is 29.8 Å². The Bertz CT molecular complexity index is 883. The number of carbonyl (C=O) groups is 1. The molecule has 5 heteroatoms. The van der Waals surface area contributed by atoms with Gasteiger partial charge in [0.2, 0.25) is 0 Å². The molecule has 0 atom stereocenters. The Morgan fingerprint density at radius 1 is 1.17 bits per heavy atom. The molecule has 0 radical (unpaired) electrons. The average Bonchev–Trinajstić information content (AvgIpc) is 2.90. The molecule has 3 rings (SSSR count). The van der Waals surface area contributed by atoms with Gasteiger partial charge < -0.3 is 15.2 Å². The first kappa shape index (κ1) is 15.4. The molecule has 0 fully saturated rings. The van der Waals surface area contributed by atoms with Gasteiger partial charge in [0, 0.05) is 25.0 Å². The van der Waals surface area contributed by atoms with Gasteiger partial charge in [-0.2, -0.15) is 0 Å². The lowest BCUT2D eigenvalue weighted by Gasteiger charge is -2.19. The number of aromatic nitrogens is 1. The van der Waals surface area contributed by atoms with E-state index >= 15 is 0 Å². The number of hydrogen-bond acceptors (Lipinski definition) is 2. The molecule has 2 aromatic carbocycles. The zero-order chi connectivity index (χ0) is 16.6. The number of amides is 1. The second-order valence-electron chi connectivity index (χ2n) is 5.76. The third-order valence-corrected chi connectivity index (χ3v) is 4.01. The minimum absolute atomic E-state index is 0.191. The van der Waals surface area contributed by atoms with E-state index in [2.05, 4.69) is 10.3 Å². The third-order valence-electron chi connectivity index (χ3n) is 3.70. The normalized spacial score (nSPS) is 10.8. The highest BCUT2D eigenvalue weighted by molar-refractivity contribution is 6.34. The summed E-state index contributed by atoms with van der Waals surface area (Å²) in [6.07, 6.45) is 0. The monoisotopic (exact) mass is 327 g/mol. The fraction of sp³-hybridized carbons (Fsp3) is 0.167. The van der Waals surface area contributed by atoms with E-state index in [1.807, 2.05) is 62.3 Å². The Kier molecular flexibility index (Phi) is 4.01. The lowest BCUT2D eigenvalue weighted by Crippen LogP contribution is -2.17. The SMILES string of the molecule is Cc1ccc2cc(C(=O)Nc3cccc(Cl)c3N(C)C)[nH]c2c1. The van der Waals surface area contributed by atoms with Gasteiger partial charge in [0.1, 0.15) is 5.69 Å². The lowest BCUT2D eigenvalue weighted by atomic mass is 10.2. The van der Waals surface area contributed by atoms with Crippen LogP contribution in [0.15, 0.2) is 42.5 Å². The molecule has 0 aliphatic carbocycles. The standard InChI is InChI=1S/C18H18ClN3O/c1-11-7-8-12-10-16(20-15(12)9-11)18(23)21-14-6-4-5-13(19)17(14)22(2)3/h4-10,20H,1-3H3,(H,21,23). The highest BCUT2D eigenvalue weighted by Crippen LogP contribution is 2.32. The molecule has 0 unspecified atom stereocenters. The molecular weight excluding hydrogens is 310 g/mol. The van der Waals surface area contributed by atoms with Crippen molar-refractivity contribution >= 4 is 39.8 Å². The fourth-order valence-electron chi connectivity index (χ4n) is 2.62. The lowest BCUT2D eigenvalue weighted by molar-refractivity contribution is 0.102. The van der Waals surface area contributed by atoms with Gasteiger partial charge in [0.05, 0.1) is 16.4 Å². The second-order valence-corrected chi connectivity index (χ2v) is 6.17. The summed E-state index contributed by atoms with van der Waals surface area (Å²) in [5, 5.41) is 4.54. The molecule has 1 amide bonds. The van der Waals surface area contributed by atoms with Gasteiger partial charge in [0.25, 0.3) is 5.91 Å². The van der Waals surface area contributed by atoms with Crippen molar-refractivity contribution in [1.29, 1.82) is 0 Å². The summed E-state index contributed by atoms with van der Waals surface area (Å²) in [6.45, 7) is 2.02. The first-order chi connectivity index (χ1) is 11.0. The number of halogens is 1. The van der Waals surface area contributed by atoms with Crippen LogP contribution in [0.4, 0.5) is 11.4 Å². The van der Waals surface area contributed by atoms with Crippen LogP contribution in [-0.2, 0) is 0 Å². The molecule has 0 aliphatic heterocycles. The van der Waals surface area contributed by atoms with Crippen molar-refractivity contribution in [2.45, 2.75) is 6.92 Å². The van der Waals surface area contributed by atoms with E-state index in [0.29, 0.717) is 16.4 Å². The van der Waals surface area contributed by atoms with E-state index < -0.39 is 0 Å². The number of nitrogens with zero attached hydrogens (tertiary/aromatic N) is 1. The Balaban J connectivity index is 1.93. The number of para-hydroxylation sites is 1. The quantitative estimate of drug-likeness (QED) is 0.746. The number of aromatic amines is 1. The van der Waals surface area contributed by atoms with Crippen LogP contribution in [0.5, 0.6) is 0 Å². The fourth-order valence-corrected chi connectivity index (χ4v) is 2.97. The van der Waals surface area contributed by atoms with E-state index in [-0.39, 0.29) is 5.91 Å². The second kappa shape index (κ2) is 5.97. The summed E-state index contributed by atoms with van der Waals surface area (Å²) in [6, 6.07) is 13.4. The van der Waals surface area contributed by atoms with Crippen LogP contribution in [0.3, 0.4) is 0 Å². The predicted molar refractivity (Wildman–Crippen MR) is 96.8 cm³/mol. The number of H-pyrrole nitrogens is 1. The molecule has 0 aliphatic rings. The molecule has 3 aromatic rings. The molecule has 118 valence electrons. The van der Waals surface area contributed by atoms with Crippen LogP contribution in [0.2, 0.25) is 5.02 Å². The van der Waals surface area contributed by atoms with Crippen LogP contribution in [0, 0.1) is 6.92 Å². The first-order valence-corrected chi connectivity index (χ1v) is 7.70. The van der Waals surface area contributed by atoms with Gasteiger partial charge in [-0.05, 0) is 36.8 Å². The maximum Gasteiger partial charge on any atom is 0.272 e. The first-order valence-electron chi connectivity index (χ1n) is 7.32. The number of benzene rings is 2. The number of carbonyl (C=O) groups excluding carboxylic acids is 1. The van der Waals surface area contributed by atoms with Crippen LogP contribution in [0.1, 0.15) is 16.1 Å². The van der Waals surface area contributed by atoms with Crippen LogP contribution < -0.4 is 10.2 Å². The number of rotatable bonds is 3. The Morgan fingerprint density at radius 2 is 1.96 bits per heavy atom. The molecule has 1 aromatic heterocycles. The van der Waals surface area contributed by atoms with E-state index in [4.69, 9.17) is 11.6 Å². The maximum atomic E-state index is 12.6. The molecule has 0 saturated carbocycles. The molecule has 1 heterocycles. The number of aryl methyl sites for hydroxylation is 1. The molecule has 0 bridgehead atoms. The smallest absolute Gasteiger partial charge is 0.272 e. The molecule has 0 saturated heterocycles. The predicted octanol–water partition coefficient (Wildman–Crippen LogP) is 4.45. The van der Waals surface area contributed by atoms with E-state index in [1.165, 1.54) is 0 Å². The van der Waals surface area contributed by atoms with Crippen LogP contribution in [0.25, 0.3) is 10.9 Å². The van der Waals surface area contributed by atoms with Gasteiger partial charge in [0.15, 0.2) is 0 Å². The molecule has 2 N–H and O–H groups in total. The number of anilines is 2. The van der Waals surface area contributed by atoms with Crippen molar-refractivity contribution < 1.29 is 4.79 Å². The third kappa shape index (κ3) is 3.03. The van der Waals surface area contributed by atoms with Gasteiger partial charge in [-0.25, -0.2) is 0 Å². The Morgan fingerprint density at radius 3 is 2.70 bits per heavy atom. The zero-order valence-electron chi connectivity index (χ0n) is 13.3. The molecular formula is C18H18ClN3O. The molecule has 0 spiro atoms. The average molecular weight is 328 g/mol. The van der Waals surface area contributed by atoms with Crippen molar-refractivity contribution in [2.24, 2.45) is 0 Å². The summed E-state index contributed by atoms with van der Waals surface area (Å²) in [7, 11) is 3.78. The van der Waals surface area contributed by atoms with Crippen molar-refractivity contribution in [3.8, 4) is 0 Å². The zero-order valence-corrected chi connectivity index (χ0v) is 14.0. The van der Waals surface area contributed by atoms with E-state index in [1.54, 1.807) is 6.07 Å². The number of fused-ring (bicyclic) bond motifs is 1. The van der Waals surface area contributed by atoms with Crippen LogP contribution >= 0.6 is 11.6 Å². The Labute approximate surface area is 140 Å². The molecule has 23 heavy (non-hydrogen) atoms. The van der Waals surface area contributed by atoms with Crippen molar-refractivity contribution in [1.82, 2.24) is 4.98 Å². The van der Waals surface area contributed by atoms with E-state index in [0.717, 1.165) is 22.2 Å². The summed E-state index contributed by atoms with van der Waals surface area (Å²) in [4.78, 5) is 17.6. The minimum atomic E-state index is -0.191. The summed E-state index contributed by atoms with van der Waals surface area (Å²) >= 11 is 6.23. The summed E-state index contributed by atoms with van der Waals surface area (Å²) in [5.74, 6) is -0.191. The van der Waals surface area contributed by atoms with Crippen molar-refractivity contribution in [2.75, 3.05) is 24.3 Å². The number of nitrogens with one attached hydrogen (secondary N) is 2. The topological polar surface area (TPSA) is 48.1 Å². The van der Waals surface area contributed by atoms with E-state index in [9.17, 15) is 4.79 Å². The summed E-state index contributed by atoms with van der Waals surface area (Å²) in [5.41, 5.74) is 4.09. The van der Waals surface area contributed by atoms with Crippen LogP contribution in [-0.4, -0.2) is 25.0 Å². The number of hydrogen-bond donors (Lipinski definition) is 2. The van der Waals surface area contributed by atoms with Gasteiger partial charge in [-0.3, -0.25) is 4.79 Å². The molecule has 4 nitrogen and oxygen atoms in total. The largest absolute Gasteiger partial charge is 0.375 e. The highest BCUT2D eigenvalue weighted by atomic mass is 35.5. The minimum Gasteiger partial charge on any atom is -0.375 e. The van der Waals surface area contributed by atoms with Gasteiger partial charge >= 0.3 is 0 Å². The van der Waals surface area contributed by atoms with Crippen molar-refractivity contribution in [3.63, 3.8) is 0 Å². The van der Waals surface area contributed by atoms with Gasteiger partial charge in [-0.15, -0.1) is 0 Å². The Hall–Kier alpha value is -2.46.